The number of piperidine rings is 1. The summed E-state index contributed by atoms with van der Waals surface area (Å²) in [6.07, 6.45) is 3.79. The maximum absolute atomic E-state index is 4.29. The van der Waals surface area contributed by atoms with E-state index >= 15 is 0 Å². The fourth-order valence-corrected chi connectivity index (χ4v) is 3.01. The topological polar surface area (TPSA) is 28.2 Å². The molecule has 0 aromatic carbocycles. The molecule has 0 radical (unpaired) electrons. The summed E-state index contributed by atoms with van der Waals surface area (Å²) in [6.45, 7) is 5.60. The Balaban J connectivity index is 1.78. The second-order valence-corrected chi connectivity index (χ2v) is 5.53. The van der Waals surface area contributed by atoms with Crippen LogP contribution in [0.5, 0.6) is 0 Å². The van der Waals surface area contributed by atoms with Crippen molar-refractivity contribution in [3.8, 4) is 0 Å². The molecule has 90 valence electrons. The lowest BCUT2D eigenvalue weighted by molar-refractivity contribution is 0.205. The average Bonchev–Trinajstić information content (AvgIpc) is 2.73. The molecule has 16 heavy (non-hydrogen) atoms. The molecule has 1 saturated heterocycles. The van der Waals surface area contributed by atoms with Gasteiger partial charge in [-0.3, -0.25) is 0 Å². The standard InChI is InChI=1S/C12H21N3S/c1-10-12(16-9-14-10)5-7-15(2)11-4-3-6-13-8-11/h9,11,13H,3-8H2,1-2H3. The molecule has 1 unspecified atom stereocenters. The van der Waals surface area contributed by atoms with Crippen LogP contribution < -0.4 is 5.32 Å². The molecule has 1 aliphatic heterocycles. The molecule has 1 aromatic heterocycles. The molecule has 1 fully saturated rings. The lowest BCUT2D eigenvalue weighted by Gasteiger charge is -2.31. The van der Waals surface area contributed by atoms with Gasteiger partial charge in [-0.15, -0.1) is 11.3 Å². The molecular weight excluding hydrogens is 218 g/mol. The SMILES string of the molecule is Cc1ncsc1CCN(C)C1CCCNC1. The molecule has 4 heteroatoms. The largest absolute Gasteiger partial charge is 0.315 e. The Morgan fingerprint density at radius 1 is 1.62 bits per heavy atom. The Kier molecular flexibility index (Phi) is 4.32. The highest BCUT2D eigenvalue weighted by atomic mass is 32.1. The number of hydrogen-bond donors (Lipinski definition) is 1. The van der Waals surface area contributed by atoms with Crippen molar-refractivity contribution in [2.45, 2.75) is 32.2 Å². The van der Waals surface area contributed by atoms with Crippen molar-refractivity contribution in [2.75, 3.05) is 26.7 Å². The van der Waals surface area contributed by atoms with Crippen LogP contribution in [0, 0.1) is 6.92 Å². The van der Waals surface area contributed by atoms with Crippen LogP contribution in [-0.2, 0) is 6.42 Å². The van der Waals surface area contributed by atoms with E-state index in [1.165, 1.54) is 30.0 Å². The summed E-state index contributed by atoms with van der Waals surface area (Å²) in [5.41, 5.74) is 3.16. The zero-order valence-corrected chi connectivity index (χ0v) is 11.0. The molecule has 0 saturated carbocycles. The first kappa shape index (κ1) is 12.0. The van der Waals surface area contributed by atoms with Gasteiger partial charge < -0.3 is 10.2 Å². The molecule has 0 spiro atoms. The summed E-state index contributed by atoms with van der Waals surface area (Å²) >= 11 is 1.78. The quantitative estimate of drug-likeness (QED) is 0.866. The van der Waals surface area contributed by atoms with E-state index in [9.17, 15) is 0 Å². The fraction of sp³-hybridized carbons (Fsp3) is 0.750. The number of thiazole rings is 1. The van der Waals surface area contributed by atoms with Gasteiger partial charge in [0.2, 0.25) is 0 Å². The van der Waals surface area contributed by atoms with Gasteiger partial charge >= 0.3 is 0 Å². The summed E-state index contributed by atoms with van der Waals surface area (Å²) in [5, 5.41) is 3.47. The molecular formula is C12H21N3S. The van der Waals surface area contributed by atoms with E-state index in [1.807, 2.05) is 5.51 Å². The van der Waals surface area contributed by atoms with Crippen LogP contribution in [0.2, 0.25) is 0 Å². The van der Waals surface area contributed by atoms with Crippen molar-refractivity contribution in [3.63, 3.8) is 0 Å². The van der Waals surface area contributed by atoms with Gasteiger partial charge in [0.05, 0.1) is 11.2 Å². The number of likely N-dealkylation sites (N-methyl/N-ethyl adjacent to an activating group) is 1. The molecule has 1 N–H and O–H groups in total. The summed E-state index contributed by atoms with van der Waals surface area (Å²) in [5.74, 6) is 0. The first-order valence-corrected chi connectivity index (χ1v) is 6.95. The van der Waals surface area contributed by atoms with Crippen LogP contribution >= 0.6 is 11.3 Å². The smallest absolute Gasteiger partial charge is 0.0797 e. The first-order valence-electron chi connectivity index (χ1n) is 6.07. The summed E-state index contributed by atoms with van der Waals surface area (Å²) < 4.78 is 0. The Morgan fingerprint density at radius 2 is 2.50 bits per heavy atom. The van der Waals surface area contributed by atoms with Crippen LogP contribution in [0.1, 0.15) is 23.4 Å². The Labute approximate surface area is 102 Å². The molecule has 1 aromatic rings. The number of hydrogen-bond acceptors (Lipinski definition) is 4. The van der Waals surface area contributed by atoms with Crippen LogP contribution in [0.4, 0.5) is 0 Å². The monoisotopic (exact) mass is 239 g/mol. The summed E-state index contributed by atoms with van der Waals surface area (Å²) in [7, 11) is 2.24. The predicted molar refractivity (Wildman–Crippen MR) is 69.1 cm³/mol. The number of aromatic nitrogens is 1. The molecule has 3 nitrogen and oxygen atoms in total. The number of aryl methyl sites for hydroxylation is 1. The minimum atomic E-state index is 0.724. The molecule has 0 aliphatic carbocycles. The van der Waals surface area contributed by atoms with Gasteiger partial charge in [0.25, 0.3) is 0 Å². The van der Waals surface area contributed by atoms with E-state index in [4.69, 9.17) is 0 Å². The van der Waals surface area contributed by atoms with Crippen molar-refractivity contribution in [3.05, 3.63) is 16.1 Å². The molecule has 1 aliphatic rings. The fourth-order valence-electron chi connectivity index (χ4n) is 2.24. The first-order chi connectivity index (χ1) is 7.77. The van der Waals surface area contributed by atoms with Crippen LogP contribution in [0.3, 0.4) is 0 Å². The highest BCUT2D eigenvalue weighted by Crippen LogP contribution is 2.15. The molecule has 2 rings (SSSR count). The molecule has 0 bridgehead atoms. The summed E-state index contributed by atoms with van der Waals surface area (Å²) in [4.78, 5) is 8.23. The number of nitrogens with zero attached hydrogens (tertiary/aromatic N) is 2. The van der Waals surface area contributed by atoms with Gasteiger partial charge in [-0.1, -0.05) is 0 Å². The normalized spacial score (nSPS) is 21.6. The molecule has 0 amide bonds. The lowest BCUT2D eigenvalue weighted by Crippen LogP contribution is -2.44. The number of nitrogens with one attached hydrogen (secondary N) is 1. The van der Waals surface area contributed by atoms with E-state index in [1.54, 1.807) is 11.3 Å². The lowest BCUT2D eigenvalue weighted by atomic mass is 10.1. The van der Waals surface area contributed by atoms with Crippen LogP contribution in [-0.4, -0.2) is 42.6 Å². The van der Waals surface area contributed by atoms with E-state index in [0.717, 1.165) is 25.6 Å². The highest BCUT2D eigenvalue weighted by molar-refractivity contribution is 7.09. The minimum Gasteiger partial charge on any atom is -0.315 e. The molecule has 2 heterocycles. The van der Waals surface area contributed by atoms with Gasteiger partial charge in [0, 0.05) is 24.0 Å². The van der Waals surface area contributed by atoms with Crippen LogP contribution in [0.25, 0.3) is 0 Å². The second kappa shape index (κ2) is 5.75. The van der Waals surface area contributed by atoms with Crippen molar-refractivity contribution in [1.82, 2.24) is 15.2 Å². The third-order valence-corrected chi connectivity index (χ3v) is 4.43. The van der Waals surface area contributed by atoms with Crippen LogP contribution in [0.15, 0.2) is 5.51 Å². The van der Waals surface area contributed by atoms with E-state index in [0.29, 0.717) is 0 Å². The summed E-state index contributed by atoms with van der Waals surface area (Å²) in [6, 6.07) is 0.724. The predicted octanol–water partition coefficient (Wildman–Crippen LogP) is 1.68. The Morgan fingerprint density at radius 3 is 3.12 bits per heavy atom. The van der Waals surface area contributed by atoms with Gasteiger partial charge in [0.15, 0.2) is 0 Å². The van der Waals surface area contributed by atoms with E-state index in [-0.39, 0.29) is 0 Å². The molecule has 1 atom stereocenters. The van der Waals surface area contributed by atoms with Crippen molar-refractivity contribution in [1.29, 1.82) is 0 Å². The van der Waals surface area contributed by atoms with Gasteiger partial charge in [-0.25, -0.2) is 4.98 Å². The third kappa shape index (κ3) is 3.03. The zero-order valence-electron chi connectivity index (χ0n) is 10.2. The van der Waals surface area contributed by atoms with E-state index in [2.05, 4.69) is 29.2 Å². The van der Waals surface area contributed by atoms with Gasteiger partial charge in [-0.05, 0) is 39.8 Å². The second-order valence-electron chi connectivity index (χ2n) is 4.59. The van der Waals surface area contributed by atoms with Crippen molar-refractivity contribution < 1.29 is 0 Å². The minimum absolute atomic E-state index is 0.724. The third-order valence-electron chi connectivity index (χ3n) is 3.43. The average molecular weight is 239 g/mol. The number of rotatable bonds is 4. The van der Waals surface area contributed by atoms with Gasteiger partial charge in [-0.2, -0.15) is 0 Å². The van der Waals surface area contributed by atoms with E-state index < -0.39 is 0 Å². The van der Waals surface area contributed by atoms with Crippen molar-refractivity contribution >= 4 is 11.3 Å². The highest BCUT2D eigenvalue weighted by Gasteiger charge is 2.17. The van der Waals surface area contributed by atoms with Crippen molar-refractivity contribution in [2.24, 2.45) is 0 Å². The maximum atomic E-state index is 4.29. The zero-order chi connectivity index (χ0) is 11.4. The maximum Gasteiger partial charge on any atom is 0.0797 e. The Hall–Kier alpha value is -0.450. The van der Waals surface area contributed by atoms with Gasteiger partial charge in [0.1, 0.15) is 0 Å². The Bertz CT molecular complexity index is 318.